The lowest BCUT2D eigenvalue weighted by molar-refractivity contribution is 0.323. The summed E-state index contributed by atoms with van der Waals surface area (Å²) in [5.74, 6) is 1.16. The second kappa shape index (κ2) is 11.1. The summed E-state index contributed by atoms with van der Waals surface area (Å²) < 4.78 is 2.41. The largest absolute Gasteiger partial charge is 0.0987 e. The van der Waals surface area contributed by atoms with Gasteiger partial charge in [-0.25, -0.2) is 0 Å². The first-order chi connectivity index (χ1) is 16.3. The Labute approximate surface area is 235 Å². The molecule has 2 unspecified atom stereocenters. The molecule has 0 saturated heterocycles. The van der Waals surface area contributed by atoms with Crippen LogP contribution in [0.4, 0.5) is 0 Å². The highest BCUT2D eigenvalue weighted by Gasteiger charge is 2.34. The summed E-state index contributed by atoms with van der Waals surface area (Å²) in [6.07, 6.45) is 6.89. The van der Waals surface area contributed by atoms with Gasteiger partial charge in [-0.15, -0.1) is 0 Å². The van der Waals surface area contributed by atoms with Gasteiger partial charge in [0, 0.05) is 14.0 Å². The van der Waals surface area contributed by atoms with Crippen molar-refractivity contribution >= 4 is 43.5 Å². The van der Waals surface area contributed by atoms with Crippen molar-refractivity contribution in [3.8, 4) is 0 Å². The molecular formula is C32H39Br2Cl. The van der Waals surface area contributed by atoms with Crippen molar-refractivity contribution in [3.05, 3.63) is 104 Å². The average Bonchev–Trinajstić information content (AvgIpc) is 2.77. The molecular weight excluding hydrogens is 580 g/mol. The van der Waals surface area contributed by atoms with Crippen LogP contribution in [-0.4, -0.2) is 0 Å². The Balaban J connectivity index is 2.06. The minimum atomic E-state index is 0.120. The molecule has 1 aliphatic carbocycles. The lowest BCUT2D eigenvalue weighted by Crippen LogP contribution is -2.23. The number of hydrogen-bond donors (Lipinski definition) is 0. The van der Waals surface area contributed by atoms with Crippen LogP contribution in [0.5, 0.6) is 0 Å². The van der Waals surface area contributed by atoms with Gasteiger partial charge in [-0.3, -0.25) is 0 Å². The number of allylic oxidation sites excluding steroid dienone is 4. The molecule has 35 heavy (non-hydrogen) atoms. The topological polar surface area (TPSA) is 0 Å². The monoisotopic (exact) mass is 616 g/mol. The molecule has 0 bridgehead atoms. The zero-order chi connectivity index (χ0) is 26.1. The highest BCUT2D eigenvalue weighted by molar-refractivity contribution is 9.10. The second-order valence-electron chi connectivity index (χ2n) is 12.0. The Bertz CT molecular complexity index is 1060. The van der Waals surface area contributed by atoms with Crippen molar-refractivity contribution in [1.29, 1.82) is 0 Å². The number of hydrogen-bond acceptors (Lipinski definition) is 0. The van der Waals surface area contributed by atoms with Crippen molar-refractivity contribution in [2.45, 2.75) is 83.5 Å². The van der Waals surface area contributed by atoms with E-state index in [1.54, 1.807) is 6.08 Å². The van der Waals surface area contributed by atoms with Crippen molar-refractivity contribution < 1.29 is 0 Å². The van der Waals surface area contributed by atoms with Crippen LogP contribution in [0.2, 0.25) is 0 Å². The summed E-state index contributed by atoms with van der Waals surface area (Å²) in [6.45, 7) is 21.6. The maximum atomic E-state index is 6.63. The molecule has 1 aliphatic rings. The smallest absolute Gasteiger partial charge is 0.0434 e. The molecule has 0 heterocycles. The first kappa shape index (κ1) is 28.5. The zero-order valence-electron chi connectivity index (χ0n) is 22.0. The quantitative estimate of drug-likeness (QED) is 0.293. The maximum absolute atomic E-state index is 6.63. The molecule has 1 saturated carbocycles. The minimum absolute atomic E-state index is 0.120. The Hall–Kier alpha value is -1.09. The molecule has 3 heteroatoms. The van der Waals surface area contributed by atoms with Crippen molar-refractivity contribution in [2.75, 3.05) is 0 Å². The summed E-state index contributed by atoms with van der Waals surface area (Å²) >= 11 is 14.5. The fraction of sp³-hybridized carbons (Fsp3) is 0.438. The predicted octanol–water partition coefficient (Wildman–Crippen LogP) is 11.3. The normalized spacial score (nSPS) is 21.9. The lowest BCUT2D eigenvalue weighted by Gasteiger charge is -2.37. The molecule has 2 atom stereocenters. The molecule has 2 aromatic rings. The molecule has 0 radical (unpaired) electrons. The summed E-state index contributed by atoms with van der Waals surface area (Å²) in [5, 5.41) is 0.716. The van der Waals surface area contributed by atoms with E-state index in [4.69, 9.17) is 11.6 Å². The van der Waals surface area contributed by atoms with Crippen LogP contribution >= 0.6 is 43.5 Å². The molecule has 2 aromatic carbocycles. The van der Waals surface area contributed by atoms with E-state index >= 15 is 0 Å². The van der Waals surface area contributed by atoms with E-state index in [1.807, 2.05) is 6.08 Å². The van der Waals surface area contributed by atoms with Gasteiger partial charge in [0.1, 0.15) is 0 Å². The summed E-state index contributed by atoms with van der Waals surface area (Å²) in [7, 11) is 0. The summed E-state index contributed by atoms with van der Waals surface area (Å²) in [6, 6.07) is 13.9. The van der Waals surface area contributed by atoms with Gasteiger partial charge in [-0.05, 0) is 87.8 Å². The van der Waals surface area contributed by atoms with Crippen LogP contribution in [0.1, 0.15) is 94.9 Å². The van der Waals surface area contributed by atoms with E-state index in [1.165, 1.54) is 31.2 Å². The van der Waals surface area contributed by atoms with Crippen LogP contribution in [0.15, 0.2) is 81.3 Å². The van der Waals surface area contributed by atoms with E-state index in [0.717, 1.165) is 24.8 Å². The number of halogens is 3. The first-order valence-electron chi connectivity index (χ1n) is 12.5. The number of rotatable bonds is 5. The summed E-state index contributed by atoms with van der Waals surface area (Å²) in [5.41, 5.74) is 6.81. The van der Waals surface area contributed by atoms with Crippen molar-refractivity contribution in [3.63, 3.8) is 0 Å². The van der Waals surface area contributed by atoms with Crippen LogP contribution < -0.4 is 0 Å². The molecule has 1 fully saturated rings. The lowest BCUT2D eigenvalue weighted by atomic mass is 9.68. The molecule has 0 N–H and O–H groups in total. The SMILES string of the molecule is C=C/C(Cl)=C(\C=C)C1CC(c2ccc(C(C)(C)C)cc2Br)CC(c2ccc(C(C)(C)C)cc2Br)C1. The van der Waals surface area contributed by atoms with Crippen LogP contribution in [0.3, 0.4) is 0 Å². The van der Waals surface area contributed by atoms with Gasteiger partial charge < -0.3 is 0 Å². The fourth-order valence-corrected chi connectivity index (χ4v) is 6.94. The molecule has 188 valence electrons. The Kier molecular flexibility index (Phi) is 9.04. The molecule has 0 spiro atoms. The Morgan fingerprint density at radius 2 is 1.20 bits per heavy atom. The third-order valence-corrected chi connectivity index (χ3v) is 9.18. The van der Waals surface area contributed by atoms with Crippen molar-refractivity contribution in [1.82, 2.24) is 0 Å². The van der Waals surface area contributed by atoms with Gasteiger partial charge >= 0.3 is 0 Å². The fourth-order valence-electron chi connectivity index (χ4n) is 5.31. The van der Waals surface area contributed by atoms with Crippen LogP contribution in [0.25, 0.3) is 0 Å². The zero-order valence-corrected chi connectivity index (χ0v) is 25.9. The van der Waals surface area contributed by atoms with Gasteiger partial charge in [-0.1, -0.05) is 135 Å². The third kappa shape index (κ3) is 6.62. The average molecular weight is 619 g/mol. The van der Waals surface area contributed by atoms with Crippen molar-refractivity contribution in [2.24, 2.45) is 5.92 Å². The van der Waals surface area contributed by atoms with Gasteiger partial charge in [0.15, 0.2) is 0 Å². The summed E-state index contributed by atoms with van der Waals surface area (Å²) in [4.78, 5) is 0. The highest BCUT2D eigenvalue weighted by Crippen LogP contribution is 2.50. The van der Waals surface area contributed by atoms with E-state index in [-0.39, 0.29) is 10.8 Å². The predicted molar refractivity (Wildman–Crippen MR) is 162 cm³/mol. The Morgan fingerprint density at radius 1 is 0.771 bits per heavy atom. The van der Waals surface area contributed by atoms with E-state index in [0.29, 0.717) is 22.8 Å². The van der Waals surface area contributed by atoms with Gasteiger partial charge in [-0.2, -0.15) is 0 Å². The van der Waals surface area contributed by atoms with Gasteiger partial charge in [0.25, 0.3) is 0 Å². The van der Waals surface area contributed by atoms with Gasteiger partial charge in [0.2, 0.25) is 0 Å². The first-order valence-corrected chi connectivity index (χ1v) is 14.5. The van der Waals surface area contributed by atoms with Crippen LogP contribution in [-0.2, 0) is 10.8 Å². The minimum Gasteiger partial charge on any atom is -0.0987 e. The second-order valence-corrected chi connectivity index (χ2v) is 14.1. The van der Waals surface area contributed by atoms with Gasteiger partial charge in [0.05, 0.1) is 0 Å². The van der Waals surface area contributed by atoms with E-state index in [9.17, 15) is 0 Å². The van der Waals surface area contributed by atoms with E-state index in [2.05, 4.69) is 123 Å². The third-order valence-electron chi connectivity index (χ3n) is 7.43. The molecule has 0 nitrogen and oxygen atoms in total. The van der Waals surface area contributed by atoms with Crippen LogP contribution in [0, 0.1) is 5.92 Å². The number of benzene rings is 2. The standard InChI is InChI=1S/C32H39Br2Cl/c1-9-25(30(35)10-2)20-15-21(26-13-11-23(18-28(26)33)31(3,4)5)17-22(16-20)27-14-12-24(19-29(27)34)32(6,7)8/h9-14,18-22H,1-2,15-17H2,3-8H3/b30-25-. The maximum Gasteiger partial charge on any atom is 0.0434 e. The van der Waals surface area contributed by atoms with E-state index < -0.39 is 0 Å². The Morgan fingerprint density at radius 3 is 1.51 bits per heavy atom. The molecule has 3 rings (SSSR count). The molecule has 0 aliphatic heterocycles. The highest BCUT2D eigenvalue weighted by atomic mass is 79.9. The molecule has 0 aromatic heterocycles. The molecule has 0 amide bonds.